The molecule has 0 bridgehead atoms. The molecule has 6 heteroatoms. The highest BCUT2D eigenvalue weighted by atomic mass is 32.1. The number of carbonyl (C=O) groups is 1. The zero-order valence-electron chi connectivity index (χ0n) is 15.1. The van der Waals surface area contributed by atoms with Crippen LogP contribution in [0.3, 0.4) is 0 Å². The van der Waals surface area contributed by atoms with E-state index in [4.69, 9.17) is 0 Å². The number of benzene rings is 1. The first kappa shape index (κ1) is 17.8. The number of rotatable bonds is 5. The topological polar surface area (TPSA) is 49.3 Å². The Kier molecular flexibility index (Phi) is 5.55. The molecular formula is C21H22N4OS. The average Bonchev–Trinajstić information content (AvgIpc) is 3.18. The minimum Gasteiger partial charge on any atom is -0.340 e. The summed E-state index contributed by atoms with van der Waals surface area (Å²) in [7, 11) is 0. The molecule has 1 amide bonds. The van der Waals surface area contributed by atoms with E-state index in [0.29, 0.717) is 6.42 Å². The second kappa shape index (κ2) is 8.41. The normalized spacial score (nSPS) is 15.0. The number of aromatic nitrogens is 2. The maximum atomic E-state index is 12.6. The maximum absolute atomic E-state index is 12.6. The minimum absolute atomic E-state index is 0.168. The molecular weight excluding hydrogens is 356 g/mol. The monoisotopic (exact) mass is 378 g/mol. The van der Waals surface area contributed by atoms with Crippen molar-refractivity contribution in [1.82, 2.24) is 19.8 Å². The molecule has 0 spiro atoms. The molecule has 2 aromatic heterocycles. The molecule has 0 atom stereocenters. The smallest absolute Gasteiger partial charge is 0.228 e. The summed E-state index contributed by atoms with van der Waals surface area (Å²) in [6.45, 7) is 4.23. The van der Waals surface area contributed by atoms with Crippen molar-refractivity contribution in [1.29, 1.82) is 0 Å². The minimum atomic E-state index is 0.168. The fourth-order valence-electron chi connectivity index (χ4n) is 3.27. The molecule has 1 aliphatic rings. The molecule has 0 N–H and O–H groups in total. The summed E-state index contributed by atoms with van der Waals surface area (Å²) >= 11 is 1.60. The van der Waals surface area contributed by atoms with Gasteiger partial charge in [0, 0.05) is 56.1 Å². The Bertz CT molecular complexity index is 873. The standard InChI is InChI=1S/C21H22N4OS/c26-20(13-19-16-27-21(23-19)18-6-2-1-3-7-18)25-11-9-24(10-12-25)15-17-5-4-8-22-14-17/h1-8,14,16H,9-13,15H2. The van der Waals surface area contributed by atoms with E-state index in [2.05, 4.69) is 20.9 Å². The van der Waals surface area contributed by atoms with Gasteiger partial charge in [-0.05, 0) is 11.6 Å². The van der Waals surface area contributed by atoms with Crippen molar-refractivity contribution in [2.24, 2.45) is 0 Å². The van der Waals surface area contributed by atoms with Crippen LogP contribution in [0.4, 0.5) is 0 Å². The second-order valence-electron chi connectivity index (χ2n) is 6.71. The summed E-state index contributed by atoms with van der Waals surface area (Å²) in [6.07, 6.45) is 4.08. The Labute approximate surface area is 163 Å². The summed E-state index contributed by atoms with van der Waals surface area (Å²) in [4.78, 5) is 25.8. The number of pyridine rings is 1. The second-order valence-corrected chi connectivity index (χ2v) is 7.56. The third kappa shape index (κ3) is 4.59. The fourth-order valence-corrected chi connectivity index (χ4v) is 4.10. The van der Waals surface area contributed by atoms with Crippen LogP contribution < -0.4 is 0 Å². The molecule has 0 radical (unpaired) electrons. The first-order valence-electron chi connectivity index (χ1n) is 9.17. The fraction of sp³-hybridized carbons (Fsp3) is 0.286. The Balaban J connectivity index is 1.29. The molecule has 0 unspecified atom stereocenters. The van der Waals surface area contributed by atoms with Crippen molar-refractivity contribution in [2.75, 3.05) is 26.2 Å². The van der Waals surface area contributed by atoms with Gasteiger partial charge in [-0.3, -0.25) is 14.7 Å². The van der Waals surface area contributed by atoms with Crippen molar-refractivity contribution in [2.45, 2.75) is 13.0 Å². The van der Waals surface area contributed by atoms with E-state index in [0.717, 1.165) is 49.0 Å². The van der Waals surface area contributed by atoms with Gasteiger partial charge in [0.15, 0.2) is 0 Å². The van der Waals surface area contributed by atoms with E-state index >= 15 is 0 Å². The molecule has 138 valence electrons. The van der Waals surface area contributed by atoms with E-state index in [-0.39, 0.29) is 5.91 Å². The molecule has 1 aliphatic heterocycles. The largest absolute Gasteiger partial charge is 0.340 e. The molecule has 0 saturated carbocycles. The SMILES string of the molecule is O=C(Cc1csc(-c2ccccc2)n1)N1CCN(Cc2cccnc2)CC1. The van der Waals surface area contributed by atoms with E-state index in [9.17, 15) is 4.79 Å². The average molecular weight is 379 g/mol. The highest BCUT2D eigenvalue weighted by molar-refractivity contribution is 7.13. The van der Waals surface area contributed by atoms with Crippen LogP contribution in [-0.4, -0.2) is 51.9 Å². The third-order valence-electron chi connectivity index (χ3n) is 4.76. The zero-order chi connectivity index (χ0) is 18.5. The number of nitrogens with zero attached hydrogens (tertiary/aromatic N) is 4. The van der Waals surface area contributed by atoms with Gasteiger partial charge in [-0.15, -0.1) is 11.3 Å². The van der Waals surface area contributed by atoms with Crippen LogP contribution in [0.5, 0.6) is 0 Å². The third-order valence-corrected chi connectivity index (χ3v) is 5.70. The maximum Gasteiger partial charge on any atom is 0.228 e. The quantitative estimate of drug-likeness (QED) is 0.685. The summed E-state index contributed by atoms with van der Waals surface area (Å²) in [5, 5.41) is 2.97. The number of hydrogen-bond donors (Lipinski definition) is 0. The molecule has 3 aromatic rings. The van der Waals surface area contributed by atoms with Crippen LogP contribution in [0.15, 0.2) is 60.2 Å². The van der Waals surface area contributed by atoms with E-state index in [1.807, 2.05) is 52.9 Å². The van der Waals surface area contributed by atoms with Crippen LogP contribution in [-0.2, 0) is 17.8 Å². The Morgan fingerprint density at radius 3 is 2.59 bits per heavy atom. The Morgan fingerprint density at radius 1 is 1.04 bits per heavy atom. The van der Waals surface area contributed by atoms with Crippen LogP contribution in [0.2, 0.25) is 0 Å². The van der Waals surface area contributed by atoms with Crippen LogP contribution >= 0.6 is 11.3 Å². The van der Waals surface area contributed by atoms with Crippen LogP contribution in [0.1, 0.15) is 11.3 Å². The lowest BCUT2D eigenvalue weighted by Gasteiger charge is -2.34. The van der Waals surface area contributed by atoms with Gasteiger partial charge in [0.1, 0.15) is 5.01 Å². The molecule has 3 heterocycles. The molecule has 5 nitrogen and oxygen atoms in total. The summed E-state index contributed by atoms with van der Waals surface area (Å²) in [5.41, 5.74) is 3.18. The molecule has 0 aliphatic carbocycles. The van der Waals surface area contributed by atoms with Crippen LogP contribution in [0, 0.1) is 0 Å². The van der Waals surface area contributed by atoms with Gasteiger partial charge >= 0.3 is 0 Å². The van der Waals surface area contributed by atoms with E-state index in [1.54, 1.807) is 17.5 Å². The highest BCUT2D eigenvalue weighted by Gasteiger charge is 2.22. The predicted molar refractivity (Wildman–Crippen MR) is 107 cm³/mol. The van der Waals surface area contributed by atoms with Crippen molar-refractivity contribution in [3.8, 4) is 10.6 Å². The zero-order valence-corrected chi connectivity index (χ0v) is 15.9. The molecule has 27 heavy (non-hydrogen) atoms. The van der Waals surface area contributed by atoms with Crippen molar-refractivity contribution < 1.29 is 4.79 Å². The first-order chi connectivity index (χ1) is 13.3. The summed E-state index contributed by atoms with van der Waals surface area (Å²) in [6, 6.07) is 14.2. The number of amides is 1. The summed E-state index contributed by atoms with van der Waals surface area (Å²) < 4.78 is 0. The van der Waals surface area contributed by atoms with Gasteiger partial charge in [-0.25, -0.2) is 4.98 Å². The molecule has 1 fully saturated rings. The number of hydrogen-bond acceptors (Lipinski definition) is 5. The van der Waals surface area contributed by atoms with Gasteiger partial charge in [0.2, 0.25) is 5.91 Å². The van der Waals surface area contributed by atoms with E-state index < -0.39 is 0 Å². The van der Waals surface area contributed by atoms with E-state index in [1.165, 1.54) is 5.56 Å². The van der Waals surface area contributed by atoms with Crippen molar-refractivity contribution in [3.05, 3.63) is 71.5 Å². The predicted octanol–water partition coefficient (Wildman–Crippen LogP) is 3.09. The number of thiazole rings is 1. The number of carbonyl (C=O) groups excluding carboxylic acids is 1. The summed E-state index contributed by atoms with van der Waals surface area (Å²) in [5.74, 6) is 0.168. The van der Waals surface area contributed by atoms with Gasteiger partial charge in [0.05, 0.1) is 12.1 Å². The first-order valence-corrected chi connectivity index (χ1v) is 10.0. The van der Waals surface area contributed by atoms with Gasteiger partial charge in [0.25, 0.3) is 0 Å². The Hall–Kier alpha value is -2.57. The molecule has 1 saturated heterocycles. The van der Waals surface area contributed by atoms with Gasteiger partial charge in [-0.2, -0.15) is 0 Å². The lowest BCUT2D eigenvalue weighted by atomic mass is 10.2. The van der Waals surface area contributed by atoms with Crippen molar-refractivity contribution >= 4 is 17.2 Å². The van der Waals surface area contributed by atoms with Gasteiger partial charge < -0.3 is 4.90 Å². The van der Waals surface area contributed by atoms with Crippen LogP contribution in [0.25, 0.3) is 10.6 Å². The van der Waals surface area contributed by atoms with Gasteiger partial charge in [-0.1, -0.05) is 36.4 Å². The number of piperazine rings is 1. The lowest BCUT2D eigenvalue weighted by Crippen LogP contribution is -2.48. The molecule has 4 rings (SSSR count). The van der Waals surface area contributed by atoms with Crippen molar-refractivity contribution in [3.63, 3.8) is 0 Å². The lowest BCUT2D eigenvalue weighted by molar-refractivity contribution is -0.132. The highest BCUT2D eigenvalue weighted by Crippen LogP contribution is 2.23. The Morgan fingerprint density at radius 2 is 1.85 bits per heavy atom. The molecule has 1 aromatic carbocycles.